The van der Waals surface area contributed by atoms with Crippen LogP contribution in [0, 0.1) is 34.5 Å². The Balaban J connectivity index is 1.69. The molecule has 0 radical (unpaired) electrons. The first-order valence-corrected chi connectivity index (χ1v) is 10.2. The van der Waals surface area contributed by atoms with Crippen molar-refractivity contribution in [3.05, 3.63) is 95.6 Å². The summed E-state index contributed by atoms with van der Waals surface area (Å²) in [7, 11) is 0. The average Bonchev–Trinajstić information content (AvgIpc) is 2.82. The predicted molar refractivity (Wildman–Crippen MR) is 119 cm³/mol. The molecule has 0 saturated heterocycles. The Bertz CT molecular complexity index is 1070. The first-order chi connectivity index (χ1) is 14.6. The van der Waals surface area contributed by atoms with Gasteiger partial charge in [0.25, 0.3) is 0 Å². The number of carbonyl (C=O) groups excluding carboxylic acids is 1. The summed E-state index contributed by atoms with van der Waals surface area (Å²) in [4.78, 5) is 12.7. The van der Waals surface area contributed by atoms with Gasteiger partial charge in [-0.25, -0.2) is 0 Å². The molecule has 0 aromatic heterocycles. The van der Waals surface area contributed by atoms with Crippen LogP contribution in [0.15, 0.2) is 78.9 Å². The van der Waals surface area contributed by atoms with E-state index in [-0.39, 0.29) is 17.6 Å². The van der Waals surface area contributed by atoms with Gasteiger partial charge in [0.15, 0.2) is 5.78 Å². The monoisotopic (exact) mass is 392 g/mol. The number of nitriles is 2. The summed E-state index contributed by atoms with van der Waals surface area (Å²) in [6, 6.07) is 29.8. The van der Waals surface area contributed by atoms with Crippen molar-refractivity contribution in [2.45, 2.75) is 26.2 Å². The van der Waals surface area contributed by atoms with Crippen LogP contribution in [0.1, 0.15) is 41.3 Å². The van der Waals surface area contributed by atoms with E-state index in [0.717, 1.165) is 24.0 Å². The molecule has 0 aliphatic rings. The quantitative estimate of drug-likeness (QED) is 0.428. The zero-order chi connectivity index (χ0) is 21.3. The molecule has 2 unspecified atom stereocenters. The lowest BCUT2D eigenvalue weighted by molar-refractivity contribution is 0.103. The van der Waals surface area contributed by atoms with Gasteiger partial charge in [-0.2, -0.15) is 10.5 Å². The predicted octanol–water partition coefficient (Wildman–Crippen LogP) is 6.21. The second kappa shape index (κ2) is 10.2. The molecule has 3 heteroatoms. The van der Waals surface area contributed by atoms with Gasteiger partial charge in [0.2, 0.25) is 0 Å². The maximum absolute atomic E-state index is 12.7. The molecule has 3 aromatic rings. The fourth-order valence-electron chi connectivity index (χ4n) is 3.52. The molecule has 3 rings (SSSR count). The lowest BCUT2D eigenvalue weighted by Crippen LogP contribution is -2.04. The van der Waals surface area contributed by atoms with Crippen molar-refractivity contribution in [2.24, 2.45) is 11.8 Å². The topological polar surface area (TPSA) is 64.7 Å². The second-order valence-corrected chi connectivity index (χ2v) is 7.60. The molecule has 0 saturated carbocycles. The molecule has 0 fully saturated rings. The minimum atomic E-state index is -0.0972. The Morgan fingerprint density at radius 3 is 2.20 bits per heavy atom. The van der Waals surface area contributed by atoms with Gasteiger partial charge in [-0.05, 0) is 48.9 Å². The molecule has 148 valence electrons. The van der Waals surface area contributed by atoms with Crippen LogP contribution in [0.4, 0.5) is 0 Å². The summed E-state index contributed by atoms with van der Waals surface area (Å²) in [5.74, 6) is -0.175. The van der Waals surface area contributed by atoms with E-state index in [9.17, 15) is 10.1 Å². The van der Waals surface area contributed by atoms with Gasteiger partial charge in [0.05, 0.1) is 12.1 Å². The number of benzene rings is 3. The van der Waals surface area contributed by atoms with Crippen molar-refractivity contribution in [1.82, 2.24) is 0 Å². The summed E-state index contributed by atoms with van der Waals surface area (Å²) >= 11 is 0. The van der Waals surface area contributed by atoms with Crippen LogP contribution in [0.2, 0.25) is 0 Å². The van der Waals surface area contributed by atoms with Crippen molar-refractivity contribution in [2.75, 3.05) is 0 Å². The highest BCUT2D eigenvalue weighted by molar-refractivity contribution is 6.09. The Labute approximate surface area is 178 Å². The van der Waals surface area contributed by atoms with Gasteiger partial charge in [-0.15, -0.1) is 0 Å². The van der Waals surface area contributed by atoms with Crippen LogP contribution in [-0.2, 0) is 6.42 Å². The van der Waals surface area contributed by atoms with Crippen molar-refractivity contribution in [3.63, 3.8) is 0 Å². The first-order valence-electron chi connectivity index (χ1n) is 10.2. The fourth-order valence-corrected chi connectivity index (χ4v) is 3.52. The van der Waals surface area contributed by atoms with E-state index in [1.807, 2.05) is 61.5 Å². The third-order valence-corrected chi connectivity index (χ3v) is 5.27. The van der Waals surface area contributed by atoms with E-state index in [2.05, 4.69) is 36.4 Å². The highest BCUT2D eigenvalue weighted by Crippen LogP contribution is 2.24. The van der Waals surface area contributed by atoms with Crippen LogP contribution < -0.4 is 0 Å². The number of rotatable bonds is 8. The number of aryl methyl sites for hydroxylation is 1. The van der Waals surface area contributed by atoms with E-state index in [1.54, 1.807) is 0 Å². The minimum Gasteiger partial charge on any atom is -0.289 e. The molecule has 0 aliphatic carbocycles. The Morgan fingerprint density at radius 2 is 1.53 bits per heavy atom. The maximum Gasteiger partial charge on any atom is 0.193 e. The van der Waals surface area contributed by atoms with Gasteiger partial charge < -0.3 is 0 Å². The first kappa shape index (κ1) is 21.0. The van der Waals surface area contributed by atoms with E-state index >= 15 is 0 Å². The smallest absolute Gasteiger partial charge is 0.193 e. The molecule has 30 heavy (non-hydrogen) atoms. The highest BCUT2D eigenvalue weighted by atomic mass is 16.1. The molecule has 0 amide bonds. The van der Waals surface area contributed by atoms with Gasteiger partial charge in [0, 0.05) is 23.0 Å². The number of nitrogens with zero attached hydrogens (tertiary/aromatic N) is 2. The van der Waals surface area contributed by atoms with Crippen molar-refractivity contribution in [3.8, 4) is 23.3 Å². The summed E-state index contributed by atoms with van der Waals surface area (Å²) in [6.45, 7) is 1.86. The third kappa shape index (κ3) is 5.43. The zero-order valence-corrected chi connectivity index (χ0v) is 17.1. The molecule has 0 N–H and O–H groups in total. The summed E-state index contributed by atoms with van der Waals surface area (Å²) < 4.78 is 0. The van der Waals surface area contributed by atoms with Crippen LogP contribution in [-0.4, -0.2) is 5.78 Å². The number of hydrogen-bond acceptors (Lipinski definition) is 3. The number of hydrogen-bond donors (Lipinski definition) is 0. The molecule has 3 aromatic carbocycles. The van der Waals surface area contributed by atoms with E-state index in [1.165, 1.54) is 5.56 Å². The molecule has 3 nitrogen and oxygen atoms in total. The molecule has 0 bridgehead atoms. The second-order valence-electron chi connectivity index (χ2n) is 7.60. The van der Waals surface area contributed by atoms with Crippen LogP contribution in [0.5, 0.6) is 0 Å². The fraction of sp³-hybridized carbons (Fsp3) is 0.222. The summed E-state index contributed by atoms with van der Waals surface area (Å²) in [5, 5.41) is 18.2. The number of ketones is 1. The molecule has 0 heterocycles. The molecule has 2 atom stereocenters. The third-order valence-electron chi connectivity index (χ3n) is 5.27. The zero-order valence-electron chi connectivity index (χ0n) is 17.1. The van der Waals surface area contributed by atoms with Gasteiger partial charge >= 0.3 is 0 Å². The van der Waals surface area contributed by atoms with Crippen molar-refractivity contribution in [1.29, 1.82) is 10.5 Å². The summed E-state index contributed by atoms with van der Waals surface area (Å²) in [5.41, 5.74) is 4.58. The lowest BCUT2D eigenvalue weighted by Gasteiger charge is -2.11. The van der Waals surface area contributed by atoms with Crippen LogP contribution >= 0.6 is 0 Å². The van der Waals surface area contributed by atoms with E-state index in [0.29, 0.717) is 17.5 Å². The minimum absolute atomic E-state index is 0.0169. The van der Waals surface area contributed by atoms with Gasteiger partial charge in [0.1, 0.15) is 0 Å². The Morgan fingerprint density at radius 1 is 0.833 bits per heavy atom. The Kier molecular flexibility index (Phi) is 7.14. The normalized spacial score (nSPS) is 12.4. The van der Waals surface area contributed by atoms with E-state index < -0.39 is 0 Å². The Hall–Kier alpha value is -3.69. The van der Waals surface area contributed by atoms with Gasteiger partial charge in [-0.3, -0.25) is 4.79 Å². The molecule has 0 aliphatic heterocycles. The van der Waals surface area contributed by atoms with Crippen molar-refractivity contribution >= 4 is 5.78 Å². The molecular formula is C27H24N2O. The van der Waals surface area contributed by atoms with Crippen molar-refractivity contribution < 1.29 is 4.79 Å². The largest absolute Gasteiger partial charge is 0.289 e. The standard InChI is InChI=1S/C27H24N2O/c1-20(18-28)16-22(19-29)11-10-21-12-14-23(15-13-21)25-8-5-9-26(17-25)27(30)24-6-3-2-4-7-24/h2-9,12-15,17,20,22H,10-11,16H2,1H3. The molecule has 0 spiro atoms. The molecular weight excluding hydrogens is 368 g/mol. The van der Waals surface area contributed by atoms with Gasteiger partial charge in [-0.1, -0.05) is 72.8 Å². The summed E-state index contributed by atoms with van der Waals surface area (Å²) in [6.07, 6.45) is 2.18. The lowest BCUT2D eigenvalue weighted by atomic mass is 9.91. The maximum atomic E-state index is 12.7. The van der Waals surface area contributed by atoms with E-state index in [4.69, 9.17) is 5.26 Å². The van der Waals surface area contributed by atoms with Crippen LogP contribution in [0.25, 0.3) is 11.1 Å². The average molecular weight is 393 g/mol. The SMILES string of the molecule is CC(C#N)CC(C#N)CCc1ccc(-c2cccc(C(=O)c3ccccc3)c2)cc1. The number of carbonyl (C=O) groups is 1. The van der Waals surface area contributed by atoms with Crippen LogP contribution in [0.3, 0.4) is 0 Å². The highest BCUT2D eigenvalue weighted by Gasteiger charge is 2.13.